The molecule has 3 aromatic carbocycles. The second-order valence-electron chi connectivity index (χ2n) is 7.40. The lowest BCUT2D eigenvalue weighted by Gasteiger charge is -2.38. The summed E-state index contributed by atoms with van der Waals surface area (Å²) < 4.78 is 7.45. The highest BCUT2D eigenvalue weighted by atomic mass is 79.9. The van der Waals surface area contributed by atoms with Crippen LogP contribution in [0.3, 0.4) is 0 Å². The smallest absolute Gasteiger partial charge is 0.213 e. The first-order chi connectivity index (χ1) is 14.1. The van der Waals surface area contributed by atoms with Crippen molar-refractivity contribution in [3.05, 3.63) is 98.5 Å². The highest BCUT2D eigenvalue weighted by Crippen LogP contribution is 2.48. The molecule has 29 heavy (non-hydrogen) atoms. The van der Waals surface area contributed by atoms with Gasteiger partial charge in [0.1, 0.15) is 5.75 Å². The number of halogens is 2. The first-order valence-corrected chi connectivity index (χ1v) is 11.0. The quantitative estimate of drug-likeness (QED) is 0.418. The summed E-state index contributed by atoms with van der Waals surface area (Å²) >= 11 is 9.71. The van der Waals surface area contributed by atoms with Gasteiger partial charge in [-0.15, -0.1) is 0 Å². The molecule has 0 aliphatic carbocycles. The molecule has 0 radical (unpaired) electrons. The van der Waals surface area contributed by atoms with Gasteiger partial charge in [-0.1, -0.05) is 70.9 Å². The second-order valence-corrected chi connectivity index (χ2v) is 8.75. The van der Waals surface area contributed by atoms with Crippen LogP contribution < -0.4 is 4.74 Å². The number of hydrogen-bond donors (Lipinski definition) is 0. The number of ether oxygens (including phenoxy) is 1. The van der Waals surface area contributed by atoms with Crippen LogP contribution in [0, 0.1) is 0 Å². The normalized spacial score (nSPS) is 20.0. The van der Waals surface area contributed by atoms with Gasteiger partial charge in [-0.3, -0.25) is 0 Å². The molecule has 146 valence electrons. The number of hydrogen-bond acceptors (Lipinski definition) is 3. The van der Waals surface area contributed by atoms with E-state index in [0.717, 1.165) is 39.9 Å². The molecule has 0 unspecified atom stereocenters. The summed E-state index contributed by atoms with van der Waals surface area (Å²) in [7, 11) is 0. The predicted molar refractivity (Wildman–Crippen MR) is 121 cm³/mol. The van der Waals surface area contributed by atoms with Crippen LogP contribution in [-0.2, 0) is 6.42 Å². The molecule has 0 N–H and O–H groups in total. The number of aryl methyl sites for hydroxylation is 1. The molecule has 2 atom stereocenters. The van der Waals surface area contributed by atoms with Gasteiger partial charge in [0, 0.05) is 27.0 Å². The molecule has 3 nitrogen and oxygen atoms in total. The zero-order valence-corrected chi connectivity index (χ0v) is 18.3. The van der Waals surface area contributed by atoms with E-state index in [1.807, 2.05) is 36.4 Å². The average Bonchev–Trinajstić information content (AvgIpc) is 3.20. The summed E-state index contributed by atoms with van der Waals surface area (Å²) in [6, 6.07) is 22.9. The van der Waals surface area contributed by atoms with Crippen LogP contribution in [0.15, 0.2) is 76.3 Å². The van der Waals surface area contributed by atoms with Gasteiger partial charge < -0.3 is 4.74 Å². The standard InChI is InChI=1S/C24H20BrClN2O/c1-2-15-3-5-16(6-4-15)21-14-22-20-13-18(25)9-12-23(20)29-24(28(22)27-21)17-7-10-19(26)11-8-17/h3-13,22,24H,2,14H2,1H3/t22-,24-/m0/s1. The molecule has 2 aliphatic heterocycles. The minimum atomic E-state index is -0.279. The Morgan fingerprint density at radius 3 is 2.55 bits per heavy atom. The van der Waals surface area contributed by atoms with Gasteiger partial charge in [-0.2, -0.15) is 5.10 Å². The summed E-state index contributed by atoms with van der Waals surface area (Å²) in [5.74, 6) is 0.909. The molecule has 0 amide bonds. The van der Waals surface area contributed by atoms with Crippen LogP contribution in [0.1, 0.15) is 47.9 Å². The van der Waals surface area contributed by atoms with Crippen LogP contribution in [-0.4, -0.2) is 10.7 Å². The number of fused-ring (bicyclic) bond motifs is 3. The van der Waals surface area contributed by atoms with Crippen molar-refractivity contribution < 1.29 is 4.74 Å². The van der Waals surface area contributed by atoms with Gasteiger partial charge in [0.15, 0.2) is 0 Å². The Morgan fingerprint density at radius 2 is 1.83 bits per heavy atom. The first-order valence-electron chi connectivity index (χ1n) is 9.79. The maximum absolute atomic E-state index is 6.40. The van der Waals surface area contributed by atoms with Crippen LogP contribution >= 0.6 is 27.5 Å². The lowest BCUT2D eigenvalue weighted by Crippen LogP contribution is -2.33. The summed E-state index contributed by atoms with van der Waals surface area (Å²) in [5, 5.41) is 7.83. The Kier molecular flexibility index (Phi) is 4.84. The summed E-state index contributed by atoms with van der Waals surface area (Å²) in [6.07, 6.45) is 1.61. The molecule has 0 fully saturated rings. The predicted octanol–water partition coefficient (Wildman–Crippen LogP) is 6.91. The van der Waals surface area contributed by atoms with Crippen molar-refractivity contribution in [3.8, 4) is 5.75 Å². The van der Waals surface area contributed by atoms with Crippen molar-refractivity contribution in [2.24, 2.45) is 5.10 Å². The maximum atomic E-state index is 6.40. The molecule has 0 aromatic heterocycles. The summed E-state index contributed by atoms with van der Waals surface area (Å²) in [6.45, 7) is 2.17. The highest BCUT2D eigenvalue weighted by Gasteiger charge is 2.41. The van der Waals surface area contributed by atoms with Gasteiger partial charge in [0.2, 0.25) is 6.23 Å². The minimum absolute atomic E-state index is 0.137. The number of rotatable bonds is 3. The van der Waals surface area contributed by atoms with Crippen molar-refractivity contribution in [2.75, 3.05) is 0 Å². The molecule has 2 aliphatic rings. The lowest BCUT2D eigenvalue weighted by molar-refractivity contribution is -0.0190. The zero-order valence-electron chi connectivity index (χ0n) is 16.0. The minimum Gasteiger partial charge on any atom is -0.464 e. The van der Waals surface area contributed by atoms with E-state index in [1.54, 1.807) is 0 Å². The number of nitrogens with zero attached hydrogens (tertiary/aromatic N) is 2. The van der Waals surface area contributed by atoms with Crippen LogP contribution in [0.4, 0.5) is 0 Å². The molecule has 3 aromatic rings. The molecule has 0 bridgehead atoms. The molecule has 0 saturated heterocycles. The third-order valence-corrected chi connectivity index (χ3v) is 6.35. The second kappa shape index (κ2) is 7.51. The van der Waals surface area contributed by atoms with E-state index >= 15 is 0 Å². The summed E-state index contributed by atoms with van der Waals surface area (Å²) in [5.41, 5.74) is 5.80. The first kappa shape index (κ1) is 18.7. The molecular formula is C24H20BrClN2O. The van der Waals surface area contributed by atoms with Gasteiger partial charge in [-0.25, -0.2) is 5.01 Å². The van der Waals surface area contributed by atoms with E-state index in [4.69, 9.17) is 21.4 Å². The third-order valence-electron chi connectivity index (χ3n) is 5.60. The lowest BCUT2D eigenvalue weighted by atomic mass is 9.95. The van der Waals surface area contributed by atoms with Crippen molar-refractivity contribution in [1.82, 2.24) is 5.01 Å². The molecular weight excluding hydrogens is 448 g/mol. The SMILES string of the molecule is CCc1ccc(C2=NN3[C@@H](C2)c2cc(Br)ccc2O[C@H]3c2ccc(Cl)cc2)cc1. The Labute approximate surface area is 184 Å². The fourth-order valence-corrected chi connectivity index (χ4v) is 4.52. The largest absolute Gasteiger partial charge is 0.464 e. The fraction of sp³-hybridized carbons (Fsp3) is 0.208. The van der Waals surface area contributed by atoms with E-state index in [-0.39, 0.29) is 12.3 Å². The van der Waals surface area contributed by atoms with E-state index in [2.05, 4.69) is 58.2 Å². The number of hydrazone groups is 1. The maximum Gasteiger partial charge on any atom is 0.213 e. The van der Waals surface area contributed by atoms with Crippen LogP contribution in [0.5, 0.6) is 5.75 Å². The van der Waals surface area contributed by atoms with E-state index in [1.165, 1.54) is 11.1 Å². The highest BCUT2D eigenvalue weighted by molar-refractivity contribution is 9.10. The van der Waals surface area contributed by atoms with Crippen molar-refractivity contribution in [2.45, 2.75) is 32.0 Å². The summed E-state index contributed by atoms with van der Waals surface area (Å²) in [4.78, 5) is 0. The Balaban J connectivity index is 1.57. The molecule has 5 heteroatoms. The van der Waals surface area contributed by atoms with Crippen LogP contribution in [0.25, 0.3) is 0 Å². The topological polar surface area (TPSA) is 24.8 Å². The van der Waals surface area contributed by atoms with Gasteiger partial charge in [0.25, 0.3) is 0 Å². The van der Waals surface area contributed by atoms with Crippen molar-refractivity contribution >= 4 is 33.2 Å². The monoisotopic (exact) mass is 466 g/mol. The van der Waals surface area contributed by atoms with Crippen molar-refractivity contribution in [1.29, 1.82) is 0 Å². The van der Waals surface area contributed by atoms with E-state index in [0.29, 0.717) is 5.02 Å². The Morgan fingerprint density at radius 1 is 1.07 bits per heavy atom. The van der Waals surface area contributed by atoms with Crippen LogP contribution in [0.2, 0.25) is 5.02 Å². The molecule has 0 saturated carbocycles. The third kappa shape index (κ3) is 3.45. The Bertz CT molecular complexity index is 1080. The molecule has 0 spiro atoms. The molecule has 5 rings (SSSR count). The van der Waals surface area contributed by atoms with E-state index < -0.39 is 0 Å². The Hall–Kier alpha value is -2.30. The van der Waals surface area contributed by atoms with Crippen molar-refractivity contribution in [3.63, 3.8) is 0 Å². The molecule has 2 heterocycles. The van der Waals surface area contributed by atoms with Gasteiger partial charge in [-0.05, 0) is 47.9 Å². The number of benzene rings is 3. The van der Waals surface area contributed by atoms with Gasteiger partial charge in [0.05, 0.1) is 11.8 Å². The van der Waals surface area contributed by atoms with E-state index in [9.17, 15) is 0 Å². The average molecular weight is 468 g/mol. The van der Waals surface area contributed by atoms with Gasteiger partial charge >= 0.3 is 0 Å². The fourth-order valence-electron chi connectivity index (χ4n) is 4.01. The zero-order chi connectivity index (χ0) is 20.0.